The first-order valence-electron chi connectivity index (χ1n) is 5.14. The molecule has 0 saturated carbocycles. The predicted octanol–water partition coefficient (Wildman–Crippen LogP) is 2.71. The summed E-state index contributed by atoms with van der Waals surface area (Å²) >= 11 is 0. The van der Waals surface area contributed by atoms with E-state index in [0.29, 0.717) is 0 Å². The van der Waals surface area contributed by atoms with Crippen LogP contribution in [0.4, 0.5) is 51.8 Å². The van der Waals surface area contributed by atoms with Crippen LogP contribution in [-0.2, 0) is 0 Å². The summed E-state index contributed by atoms with van der Waals surface area (Å²) in [6.07, 6.45) is 0. The molecule has 0 aromatic heterocycles. The van der Waals surface area contributed by atoms with Crippen molar-refractivity contribution in [3.05, 3.63) is 30.3 Å². The Morgan fingerprint density at radius 2 is 0.833 bits per heavy atom. The molecule has 24 heavy (non-hydrogen) atoms. The Labute approximate surface area is 173 Å². The second-order valence-corrected chi connectivity index (χ2v) is 3.00. The first kappa shape index (κ1) is 31.8. The normalized spacial score (nSPS) is 10.4. The van der Waals surface area contributed by atoms with E-state index in [4.69, 9.17) is 4.74 Å². The minimum absolute atomic E-state index is 0. The zero-order valence-electron chi connectivity index (χ0n) is 13.1. The van der Waals surface area contributed by atoms with Crippen LogP contribution in [0.3, 0.4) is 0 Å². The van der Waals surface area contributed by atoms with Crippen LogP contribution in [0.25, 0.3) is 0 Å². The molecule has 0 aliphatic rings. The minimum atomic E-state index is -6.00. The quantitative estimate of drug-likeness (QED) is 0.513. The molecule has 0 bridgehead atoms. The summed E-state index contributed by atoms with van der Waals surface area (Å²) < 4.78 is 122. The van der Waals surface area contributed by atoms with Gasteiger partial charge in [-0.15, -0.1) is 0 Å². The minimum Gasteiger partial charge on any atom is -1.00 e. The van der Waals surface area contributed by atoms with Gasteiger partial charge in [0.05, 0.1) is 7.11 Å². The number of hydrogen-bond donors (Lipinski definition) is 0. The molecule has 1 aromatic rings. The van der Waals surface area contributed by atoms with Crippen LogP contribution in [-0.4, -0.2) is 28.9 Å². The van der Waals surface area contributed by atoms with Gasteiger partial charge in [-0.05, 0) is 12.1 Å². The third kappa shape index (κ3) is 97.0. The van der Waals surface area contributed by atoms with Gasteiger partial charge in [-0.3, -0.25) is 0 Å². The molecule has 0 unspecified atom stereocenters. The van der Waals surface area contributed by atoms with Crippen molar-refractivity contribution in [1.82, 2.24) is 0 Å². The number of methoxy groups -OCH3 is 1. The standard InChI is InChI=1S/C7H8O.3BF4.K.H/c1-8-7-5-3-2-4-6-7;3*2-1(3,4)5;;/h2-6H,1H3;;;;;/q;3*-1;+1;-1. The molecule has 0 radical (unpaired) electrons. The van der Waals surface area contributed by atoms with Crippen LogP contribution < -0.4 is 56.1 Å². The Morgan fingerprint density at radius 1 is 0.625 bits per heavy atom. The first-order valence-corrected chi connectivity index (χ1v) is 5.14. The monoisotopic (exact) mass is 409 g/mol. The summed E-state index contributed by atoms with van der Waals surface area (Å²) in [5.41, 5.74) is 0. The smallest absolute Gasteiger partial charge is 1.00 e. The van der Waals surface area contributed by atoms with Crippen LogP contribution in [0.15, 0.2) is 30.3 Å². The molecular formula is C7H9B3F12KO-3. The van der Waals surface area contributed by atoms with Crippen molar-refractivity contribution in [2.24, 2.45) is 0 Å². The molecule has 0 fully saturated rings. The van der Waals surface area contributed by atoms with E-state index in [1.165, 1.54) is 0 Å². The van der Waals surface area contributed by atoms with Gasteiger partial charge < -0.3 is 58.0 Å². The maximum Gasteiger partial charge on any atom is 1.00 e. The van der Waals surface area contributed by atoms with Crippen LogP contribution in [0, 0.1) is 0 Å². The summed E-state index contributed by atoms with van der Waals surface area (Å²) in [5.74, 6) is 0.910. The average Bonchev–Trinajstić information content (AvgIpc) is 2.23. The van der Waals surface area contributed by atoms with Gasteiger partial charge in [0.15, 0.2) is 0 Å². The predicted molar refractivity (Wildman–Crippen MR) is 64.7 cm³/mol. The van der Waals surface area contributed by atoms with E-state index in [-0.39, 0.29) is 52.8 Å². The van der Waals surface area contributed by atoms with E-state index in [1.54, 1.807) is 7.11 Å². The molecule has 0 spiro atoms. The number of hydrogen-bond acceptors (Lipinski definition) is 1. The average molecular weight is 409 g/mol. The Bertz CT molecular complexity index is 340. The van der Waals surface area contributed by atoms with Crippen molar-refractivity contribution < 1.29 is 109 Å². The van der Waals surface area contributed by atoms with E-state index < -0.39 is 21.8 Å². The van der Waals surface area contributed by atoms with Crippen LogP contribution in [0.5, 0.6) is 5.75 Å². The molecule has 1 rings (SSSR count). The number of ether oxygens (including phenoxy) is 1. The Hall–Kier alpha value is 0.0112. The van der Waals surface area contributed by atoms with Gasteiger partial charge in [0.2, 0.25) is 0 Å². The summed E-state index contributed by atoms with van der Waals surface area (Å²) in [4.78, 5) is 0. The number of rotatable bonds is 1. The molecule has 0 amide bonds. The van der Waals surface area contributed by atoms with Crippen molar-refractivity contribution in [3.8, 4) is 5.75 Å². The van der Waals surface area contributed by atoms with Crippen molar-refractivity contribution in [2.75, 3.05) is 7.11 Å². The second-order valence-electron chi connectivity index (χ2n) is 3.00. The van der Waals surface area contributed by atoms with Gasteiger partial charge in [-0.2, -0.15) is 0 Å². The molecular weight excluding hydrogens is 400 g/mol. The Kier molecular flexibility index (Phi) is 20.2. The van der Waals surface area contributed by atoms with Crippen molar-refractivity contribution in [1.29, 1.82) is 0 Å². The molecule has 0 aliphatic heterocycles. The van der Waals surface area contributed by atoms with E-state index >= 15 is 0 Å². The molecule has 0 saturated heterocycles. The molecule has 17 heteroatoms. The molecule has 0 atom stereocenters. The van der Waals surface area contributed by atoms with Crippen LogP contribution in [0.2, 0.25) is 0 Å². The Balaban J connectivity index is -0.0000000714. The number of benzene rings is 1. The van der Waals surface area contributed by atoms with E-state index in [2.05, 4.69) is 0 Å². The summed E-state index contributed by atoms with van der Waals surface area (Å²) in [6, 6.07) is 9.68. The van der Waals surface area contributed by atoms with Crippen molar-refractivity contribution >= 4 is 21.8 Å². The van der Waals surface area contributed by atoms with Gasteiger partial charge >= 0.3 is 73.1 Å². The first-order chi connectivity index (χ1) is 9.93. The zero-order valence-corrected chi connectivity index (χ0v) is 15.2. The fourth-order valence-corrected chi connectivity index (χ4v) is 0.557. The van der Waals surface area contributed by atoms with Crippen LogP contribution in [0.1, 0.15) is 1.43 Å². The van der Waals surface area contributed by atoms with Crippen molar-refractivity contribution in [3.63, 3.8) is 0 Å². The van der Waals surface area contributed by atoms with Gasteiger partial charge in [0.25, 0.3) is 0 Å². The zero-order chi connectivity index (χ0) is 19.3. The summed E-state index contributed by atoms with van der Waals surface area (Å²) in [7, 11) is -16.3. The van der Waals surface area contributed by atoms with Gasteiger partial charge in [-0.25, -0.2) is 0 Å². The third-order valence-electron chi connectivity index (χ3n) is 0.979. The van der Waals surface area contributed by atoms with E-state index in [0.717, 1.165) is 5.75 Å². The maximum absolute atomic E-state index is 9.75. The third-order valence-corrected chi connectivity index (χ3v) is 0.979. The van der Waals surface area contributed by atoms with E-state index in [9.17, 15) is 51.8 Å². The number of para-hydroxylation sites is 1. The van der Waals surface area contributed by atoms with Gasteiger partial charge in [0, 0.05) is 0 Å². The SMILES string of the molecule is COc1ccccc1.F[B-](F)(F)F.F[B-](F)(F)F.F[B-](F)(F)F.[H-].[K+]. The number of halogens is 12. The summed E-state index contributed by atoms with van der Waals surface area (Å²) in [6.45, 7) is 0. The van der Waals surface area contributed by atoms with E-state index in [1.807, 2.05) is 30.3 Å². The topological polar surface area (TPSA) is 9.23 Å². The molecule has 140 valence electrons. The molecule has 0 N–H and O–H groups in total. The van der Waals surface area contributed by atoms with Crippen LogP contribution >= 0.6 is 0 Å². The maximum atomic E-state index is 9.75. The molecule has 0 aliphatic carbocycles. The summed E-state index contributed by atoms with van der Waals surface area (Å²) in [5, 5.41) is 0. The van der Waals surface area contributed by atoms with Gasteiger partial charge in [-0.1, -0.05) is 18.2 Å². The Morgan fingerprint density at radius 3 is 0.958 bits per heavy atom. The fourth-order valence-electron chi connectivity index (χ4n) is 0.557. The largest absolute Gasteiger partial charge is 1.00 e. The van der Waals surface area contributed by atoms with Gasteiger partial charge in [0.1, 0.15) is 5.75 Å². The fraction of sp³-hybridized carbons (Fsp3) is 0.143. The molecule has 0 heterocycles. The van der Waals surface area contributed by atoms with Crippen molar-refractivity contribution in [2.45, 2.75) is 0 Å². The second kappa shape index (κ2) is 15.3. The molecule has 1 nitrogen and oxygen atoms in total. The molecule has 1 aromatic carbocycles.